The number of benzene rings is 1. The molecule has 0 bridgehead atoms. The Labute approximate surface area is 127 Å². The lowest BCUT2D eigenvalue weighted by molar-refractivity contribution is -0.148. The molecule has 0 unspecified atom stereocenters. The Hall–Kier alpha value is -1.15. The van der Waals surface area contributed by atoms with Crippen molar-refractivity contribution in [1.82, 2.24) is 9.80 Å². The highest BCUT2D eigenvalue weighted by Crippen LogP contribution is 2.20. The van der Waals surface area contributed by atoms with Crippen molar-refractivity contribution in [1.29, 1.82) is 0 Å². The molecule has 1 amide bonds. The van der Waals surface area contributed by atoms with Gasteiger partial charge in [-0.15, -0.1) is 0 Å². The van der Waals surface area contributed by atoms with Crippen LogP contribution in [0, 0.1) is 5.82 Å². The molecule has 0 N–H and O–H groups in total. The summed E-state index contributed by atoms with van der Waals surface area (Å²) in [5, 5.41) is 0. The molecule has 1 aliphatic rings. The first-order chi connectivity index (χ1) is 9.76. The molecule has 1 heterocycles. The second-order valence-corrected chi connectivity index (χ2v) is 5.67. The zero-order valence-electron chi connectivity index (χ0n) is 11.0. The van der Waals surface area contributed by atoms with Crippen LogP contribution in [0.4, 0.5) is 17.6 Å². The summed E-state index contributed by atoms with van der Waals surface area (Å²) < 4.78 is 50.5. The lowest BCUT2D eigenvalue weighted by Gasteiger charge is -2.35. The fourth-order valence-electron chi connectivity index (χ4n) is 2.17. The molecule has 116 valence electrons. The van der Waals surface area contributed by atoms with Crippen LogP contribution in [-0.2, 0) is 0 Å². The quantitative estimate of drug-likeness (QED) is 0.749. The number of hydrogen-bond donors (Lipinski definition) is 0. The van der Waals surface area contributed by atoms with Gasteiger partial charge in [0.25, 0.3) is 5.91 Å². The Kier molecular flexibility index (Phi) is 4.88. The summed E-state index contributed by atoms with van der Waals surface area (Å²) in [4.78, 5) is 14.9. The van der Waals surface area contributed by atoms with Crippen LogP contribution in [-0.4, -0.2) is 54.6 Å². The summed E-state index contributed by atoms with van der Waals surface area (Å²) >= 11 is 3.00. The summed E-state index contributed by atoms with van der Waals surface area (Å²) in [5.41, 5.74) is 0.194. The molecule has 0 radical (unpaired) electrons. The molecule has 3 nitrogen and oxygen atoms in total. The van der Waals surface area contributed by atoms with E-state index < -0.39 is 18.5 Å². The summed E-state index contributed by atoms with van der Waals surface area (Å²) in [6.45, 7) is -0.254. The van der Waals surface area contributed by atoms with Crippen LogP contribution < -0.4 is 0 Å². The van der Waals surface area contributed by atoms with E-state index in [1.54, 1.807) is 0 Å². The summed E-state index contributed by atoms with van der Waals surface area (Å²) in [7, 11) is 0. The molecule has 21 heavy (non-hydrogen) atoms. The molecule has 8 heteroatoms. The SMILES string of the molecule is O=C(c1ccc(Br)c(F)c1)N1CCN(CC(F)(F)F)CC1. The average Bonchev–Trinajstić information content (AvgIpc) is 2.40. The highest BCUT2D eigenvalue weighted by atomic mass is 79.9. The van der Waals surface area contributed by atoms with Gasteiger partial charge in [0.05, 0.1) is 11.0 Å². The Morgan fingerprint density at radius 3 is 2.33 bits per heavy atom. The van der Waals surface area contributed by atoms with Crippen molar-refractivity contribution in [2.45, 2.75) is 6.18 Å². The predicted octanol–water partition coefficient (Wildman–Crippen LogP) is 2.91. The van der Waals surface area contributed by atoms with Gasteiger partial charge in [0.15, 0.2) is 0 Å². The molecule has 1 fully saturated rings. The zero-order chi connectivity index (χ0) is 15.6. The standard InChI is InChI=1S/C13H13BrF4N2O/c14-10-2-1-9(7-11(10)15)12(21)20-5-3-19(4-6-20)8-13(16,17)18/h1-2,7H,3-6,8H2. The Balaban J connectivity index is 1.95. The minimum absolute atomic E-state index is 0.157. The molecule has 1 saturated heterocycles. The van der Waals surface area contributed by atoms with Crippen molar-refractivity contribution in [3.05, 3.63) is 34.1 Å². The maximum absolute atomic E-state index is 13.4. The van der Waals surface area contributed by atoms with Crippen LogP contribution >= 0.6 is 15.9 Å². The summed E-state index contributed by atoms with van der Waals surface area (Å²) in [6, 6.07) is 4.04. The van der Waals surface area contributed by atoms with Gasteiger partial charge in [-0.25, -0.2) is 4.39 Å². The smallest absolute Gasteiger partial charge is 0.336 e. The molecule has 0 spiro atoms. The van der Waals surface area contributed by atoms with Gasteiger partial charge in [0.1, 0.15) is 5.82 Å². The number of piperazine rings is 1. The fraction of sp³-hybridized carbons (Fsp3) is 0.462. The second kappa shape index (κ2) is 6.31. The topological polar surface area (TPSA) is 23.6 Å². The number of halogens is 5. The molecule has 1 aliphatic heterocycles. The monoisotopic (exact) mass is 368 g/mol. The number of alkyl halides is 3. The molecule has 0 aliphatic carbocycles. The first-order valence-electron chi connectivity index (χ1n) is 6.30. The lowest BCUT2D eigenvalue weighted by atomic mass is 10.1. The van der Waals surface area contributed by atoms with Gasteiger partial charge in [0.2, 0.25) is 0 Å². The average molecular weight is 369 g/mol. The van der Waals surface area contributed by atoms with Crippen LogP contribution in [0.25, 0.3) is 0 Å². The van der Waals surface area contributed by atoms with Crippen LogP contribution in [0.3, 0.4) is 0 Å². The number of carbonyl (C=O) groups is 1. The molecule has 0 saturated carbocycles. The molecule has 0 atom stereocenters. The Bertz CT molecular complexity index is 527. The second-order valence-electron chi connectivity index (χ2n) is 4.81. The van der Waals surface area contributed by atoms with Crippen molar-refractivity contribution >= 4 is 21.8 Å². The number of rotatable bonds is 2. The van der Waals surface area contributed by atoms with Crippen LogP contribution in [0.2, 0.25) is 0 Å². The molecular weight excluding hydrogens is 356 g/mol. The van der Waals surface area contributed by atoms with Gasteiger partial charge in [-0.1, -0.05) is 0 Å². The van der Waals surface area contributed by atoms with Crippen LogP contribution in [0.5, 0.6) is 0 Å². The largest absolute Gasteiger partial charge is 0.401 e. The van der Waals surface area contributed by atoms with E-state index in [2.05, 4.69) is 15.9 Å². The Morgan fingerprint density at radius 2 is 1.81 bits per heavy atom. The van der Waals surface area contributed by atoms with Crippen molar-refractivity contribution in [3.63, 3.8) is 0 Å². The highest BCUT2D eigenvalue weighted by Gasteiger charge is 2.33. The van der Waals surface area contributed by atoms with E-state index in [4.69, 9.17) is 0 Å². The van der Waals surface area contributed by atoms with Crippen LogP contribution in [0.15, 0.2) is 22.7 Å². The summed E-state index contributed by atoms with van der Waals surface area (Å²) in [6.07, 6.45) is -4.24. The number of hydrogen-bond acceptors (Lipinski definition) is 2. The van der Waals surface area contributed by atoms with E-state index in [0.29, 0.717) is 0 Å². The van der Waals surface area contributed by atoms with E-state index in [1.807, 2.05) is 0 Å². The normalized spacial score (nSPS) is 17.1. The van der Waals surface area contributed by atoms with Gasteiger partial charge < -0.3 is 4.90 Å². The van der Waals surface area contributed by atoms with Crippen molar-refractivity contribution in [2.75, 3.05) is 32.7 Å². The maximum Gasteiger partial charge on any atom is 0.401 e. The first-order valence-corrected chi connectivity index (χ1v) is 7.09. The minimum Gasteiger partial charge on any atom is -0.336 e. The van der Waals surface area contributed by atoms with E-state index in [-0.39, 0.29) is 42.1 Å². The van der Waals surface area contributed by atoms with Gasteiger partial charge in [-0.05, 0) is 34.1 Å². The van der Waals surface area contributed by atoms with E-state index >= 15 is 0 Å². The Morgan fingerprint density at radius 1 is 1.19 bits per heavy atom. The molecule has 1 aromatic rings. The third-order valence-corrected chi connectivity index (χ3v) is 3.87. The minimum atomic E-state index is -4.24. The molecule has 0 aromatic heterocycles. The van der Waals surface area contributed by atoms with Crippen molar-refractivity contribution in [3.8, 4) is 0 Å². The predicted molar refractivity (Wildman–Crippen MR) is 72.5 cm³/mol. The molecule has 1 aromatic carbocycles. The maximum atomic E-state index is 13.4. The molecule has 2 rings (SSSR count). The molecular formula is C13H13BrF4N2O. The third-order valence-electron chi connectivity index (χ3n) is 3.23. The lowest BCUT2D eigenvalue weighted by Crippen LogP contribution is -2.50. The van der Waals surface area contributed by atoms with Gasteiger partial charge in [-0.2, -0.15) is 13.2 Å². The highest BCUT2D eigenvalue weighted by molar-refractivity contribution is 9.10. The first kappa shape index (κ1) is 16.2. The number of amides is 1. The van der Waals surface area contributed by atoms with Crippen LogP contribution in [0.1, 0.15) is 10.4 Å². The number of carbonyl (C=O) groups excluding carboxylic acids is 1. The van der Waals surface area contributed by atoms with Crippen molar-refractivity contribution < 1.29 is 22.4 Å². The zero-order valence-corrected chi connectivity index (χ0v) is 12.5. The van der Waals surface area contributed by atoms with Crippen molar-refractivity contribution in [2.24, 2.45) is 0 Å². The fourth-order valence-corrected chi connectivity index (χ4v) is 2.42. The van der Waals surface area contributed by atoms with Gasteiger partial charge in [-0.3, -0.25) is 9.69 Å². The van der Waals surface area contributed by atoms with E-state index in [0.717, 1.165) is 6.07 Å². The summed E-state index contributed by atoms with van der Waals surface area (Å²) in [5.74, 6) is -0.912. The van der Waals surface area contributed by atoms with Gasteiger partial charge >= 0.3 is 6.18 Å². The third kappa shape index (κ3) is 4.41. The van der Waals surface area contributed by atoms with E-state index in [1.165, 1.54) is 21.9 Å². The van der Waals surface area contributed by atoms with E-state index in [9.17, 15) is 22.4 Å². The number of nitrogens with zero attached hydrogens (tertiary/aromatic N) is 2. The van der Waals surface area contributed by atoms with Gasteiger partial charge in [0, 0.05) is 31.7 Å².